The third-order valence-electron chi connectivity index (χ3n) is 5.56. The lowest BCUT2D eigenvalue weighted by Gasteiger charge is -2.20. The molecule has 0 radical (unpaired) electrons. The minimum Gasteiger partial charge on any atom is -0.489 e. The van der Waals surface area contributed by atoms with Crippen LogP contribution in [0.3, 0.4) is 0 Å². The van der Waals surface area contributed by atoms with E-state index in [1.807, 2.05) is 12.1 Å². The van der Waals surface area contributed by atoms with Crippen molar-refractivity contribution < 1.29 is 14.3 Å². The van der Waals surface area contributed by atoms with Crippen LogP contribution in [0.4, 0.5) is 5.69 Å². The summed E-state index contributed by atoms with van der Waals surface area (Å²) in [5, 5.41) is 0. The molecule has 2 aliphatic heterocycles. The van der Waals surface area contributed by atoms with E-state index in [1.165, 1.54) is 22.4 Å². The summed E-state index contributed by atoms with van der Waals surface area (Å²) in [6.07, 6.45) is 1.81. The summed E-state index contributed by atoms with van der Waals surface area (Å²) in [6.45, 7) is 7.12. The molecule has 0 aliphatic carbocycles. The first kappa shape index (κ1) is 18.1. The first-order chi connectivity index (χ1) is 13.1. The molecule has 4 rings (SSSR count). The van der Waals surface area contributed by atoms with Crippen molar-refractivity contribution in [2.24, 2.45) is 0 Å². The van der Waals surface area contributed by atoms with Crippen LogP contribution in [0.25, 0.3) is 0 Å². The molecular formula is C23H27NO3. The summed E-state index contributed by atoms with van der Waals surface area (Å²) < 4.78 is 11.7. The number of Topliss-reactive ketones (excluding diaryl/α,β-unsaturated/α-hetero) is 1. The second-order valence-corrected chi connectivity index (χ2v) is 7.80. The van der Waals surface area contributed by atoms with Crippen LogP contribution >= 0.6 is 0 Å². The zero-order valence-electron chi connectivity index (χ0n) is 16.1. The van der Waals surface area contributed by atoms with Crippen molar-refractivity contribution in [3.8, 4) is 5.75 Å². The van der Waals surface area contributed by atoms with E-state index in [0.717, 1.165) is 38.5 Å². The Morgan fingerprint density at radius 3 is 2.74 bits per heavy atom. The average molecular weight is 365 g/mol. The van der Waals surface area contributed by atoms with Gasteiger partial charge in [-0.25, -0.2) is 0 Å². The number of carbonyl (C=O) groups is 1. The summed E-state index contributed by atoms with van der Waals surface area (Å²) in [7, 11) is 0. The minimum atomic E-state index is 0.204. The molecule has 1 fully saturated rings. The molecule has 2 aromatic carbocycles. The number of ketones is 1. The Bertz CT molecular complexity index is 815. The van der Waals surface area contributed by atoms with Crippen LogP contribution in [-0.2, 0) is 22.7 Å². The molecule has 4 nitrogen and oxygen atoms in total. The molecule has 2 atom stereocenters. The number of fused-ring (bicyclic) bond motifs is 1. The van der Waals surface area contributed by atoms with Crippen LogP contribution in [-0.4, -0.2) is 25.0 Å². The molecule has 1 unspecified atom stereocenters. The van der Waals surface area contributed by atoms with Gasteiger partial charge in [-0.2, -0.15) is 0 Å². The maximum Gasteiger partial charge on any atom is 0.130 e. The van der Waals surface area contributed by atoms with Crippen molar-refractivity contribution in [1.29, 1.82) is 0 Å². The fraction of sp³-hybridized carbons (Fsp3) is 0.435. The maximum absolute atomic E-state index is 11.3. The van der Waals surface area contributed by atoms with Crippen LogP contribution in [0, 0.1) is 0 Å². The molecule has 0 spiro atoms. The van der Waals surface area contributed by atoms with E-state index >= 15 is 0 Å². The Labute approximate surface area is 161 Å². The van der Waals surface area contributed by atoms with E-state index in [2.05, 4.69) is 42.2 Å². The summed E-state index contributed by atoms with van der Waals surface area (Å²) in [4.78, 5) is 13.7. The first-order valence-corrected chi connectivity index (χ1v) is 9.79. The fourth-order valence-electron chi connectivity index (χ4n) is 4.03. The molecule has 142 valence electrons. The molecule has 0 saturated carbocycles. The second-order valence-electron chi connectivity index (χ2n) is 7.80. The molecule has 2 aliphatic rings. The molecular weight excluding hydrogens is 338 g/mol. The van der Waals surface area contributed by atoms with Gasteiger partial charge in [0.1, 0.15) is 17.6 Å². The quantitative estimate of drug-likeness (QED) is 0.758. The molecule has 2 aromatic rings. The predicted octanol–water partition coefficient (Wildman–Crippen LogP) is 4.46. The fourth-order valence-corrected chi connectivity index (χ4v) is 4.03. The van der Waals surface area contributed by atoms with Gasteiger partial charge in [-0.3, -0.25) is 0 Å². The van der Waals surface area contributed by atoms with Gasteiger partial charge in [-0.05, 0) is 53.8 Å². The number of hydrogen-bond donors (Lipinski definition) is 0. The number of carbonyl (C=O) groups excluding carboxylic acids is 1. The van der Waals surface area contributed by atoms with Gasteiger partial charge in [0, 0.05) is 25.1 Å². The van der Waals surface area contributed by atoms with E-state index < -0.39 is 0 Å². The average Bonchev–Trinajstić information content (AvgIpc) is 3.30. The Balaban J connectivity index is 1.35. The zero-order chi connectivity index (χ0) is 18.8. The monoisotopic (exact) mass is 365 g/mol. The van der Waals surface area contributed by atoms with Gasteiger partial charge in [0.2, 0.25) is 0 Å². The minimum absolute atomic E-state index is 0.204. The van der Waals surface area contributed by atoms with Crippen molar-refractivity contribution in [3.63, 3.8) is 0 Å². The highest BCUT2D eigenvalue weighted by molar-refractivity contribution is 5.76. The SMILES string of the molecule is CC(=O)C[C@@H](C)c1ccc(OC2CCN(c3ccc4c(c3)COC4)C2)cc1. The number of hydrogen-bond acceptors (Lipinski definition) is 4. The molecule has 1 saturated heterocycles. The molecule has 27 heavy (non-hydrogen) atoms. The van der Waals surface area contributed by atoms with Gasteiger partial charge >= 0.3 is 0 Å². The van der Waals surface area contributed by atoms with Crippen molar-refractivity contribution >= 4 is 11.5 Å². The van der Waals surface area contributed by atoms with Gasteiger partial charge in [-0.1, -0.05) is 25.1 Å². The number of nitrogens with zero attached hydrogens (tertiary/aromatic N) is 1. The Morgan fingerprint density at radius 2 is 1.96 bits per heavy atom. The van der Waals surface area contributed by atoms with Crippen molar-refractivity contribution in [2.75, 3.05) is 18.0 Å². The number of benzene rings is 2. The van der Waals surface area contributed by atoms with Crippen LogP contribution in [0.1, 0.15) is 49.3 Å². The normalized spacial score (nSPS) is 19.8. The van der Waals surface area contributed by atoms with E-state index in [1.54, 1.807) is 6.92 Å². The van der Waals surface area contributed by atoms with Crippen LogP contribution in [0.5, 0.6) is 5.75 Å². The lowest BCUT2D eigenvalue weighted by Crippen LogP contribution is -2.24. The molecule has 2 heterocycles. The third kappa shape index (κ3) is 4.16. The van der Waals surface area contributed by atoms with Gasteiger partial charge in [-0.15, -0.1) is 0 Å². The zero-order valence-corrected chi connectivity index (χ0v) is 16.1. The van der Waals surface area contributed by atoms with Gasteiger partial charge in [0.25, 0.3) is 0 Å². The van der Waals surface area contributed by atoms with E-state index in [0.29, 0.717) is 6.42 Å². The number of anilines is 1. The third-order valence-corrected chi connectivity index (χ3v) is 5.56. The van der Waals surface area contributed by atoms with E-state index in [4.69, 9.17) is 9.47 Å². The lowest BCUT2D eigenvalue weighted by atomic mass is 9.96. The largest absolute Gasteiger partial charge is 0.489 e. The van der Waals surface area contributed by atoms with Crippen LogP contribution < -0.4 is 9.64 Å². The maximum atomic E-state index is 11.3. The van der Waals surface area contributed by atoms with Crippen LogP contribution in [0.2, 0.25) is 0 Å². The highest BCUT2D eigenvalue weighted by Gasteiger charge is 2.25. The predicted molar refractivity (Wildman–Crippen MR) is 106 cm³/mol. The molecule has 0 bridgehead atoms. The molecule has 0 N–H and O–H groups in total. The highest BCUT2D eigenvalue weighted by Crippen LogP contribution is 2.29. The van der Waals surface area contributed by atoms with Crippen molar-refractivity contribution in [2.45, 2.75) is 51.9 Å². The van der Waals surface area contributed by atoms with Crippen molar-refractivity contribution in [3.05, 3.63) is 59.2 Å². The van der Waals surface area contributed by atoms with Gasteiger partial charge in [0.05, 0.1) is 19.8 Å². The standard InChI is InChI=1S/C23H27NO3/c1-16(11-17(2)25)18-4-7-22(8-5-18)27-23-9-10-24(13-23)21-6-3-19-14-26-15-20(19)12-21/h3-8,12,16,23H,9-11,13-15H2,1-2H3/t16-,23?/m1/s1. The van der Waals surface area contributed by atoms with Crippen LogP contribution in [0.15, 0.2) is 42.5 Å². The van der Waals surface area contributed by atoms with Gasteiger partial charge < -0.3 is 19.2 Å². The Kier molecular flexibility index (Phi) is 5.17. The molecule has 4 heteroatoms. The van der Waals surface area contributed by atoms with Crippen molar-refractivity contribution in [1.82, 2.24) is 0 Å². The summed E-state index contributed by atoms with van der Waals surface area (Å²) >= 11 is 0. The summed E-state index contributed by atoms with van der Waals surface area (Å²) in [5.41, 5.74) is 5.07. The Hall–Kier alpha value is -2.33. The smallest absolute Gasteiger partial charge is 0.130 e. The number of ether oxygens (including phenoxy) is 2. The highest BCUT2D eigenvalue weighted by atomic mass is 16.5. The topological polar surface area (TPSA) is 38.8 Å². The second kappa shape index (κ2) is 7.73. The van der Waals surface area contributed by atoms with E-state index in [-0.39, 0.29) is 17.8 Å². The van der Waals surface area contributed by atoms with E-state index in [9.17, 15) is 4.79 Å². The molecule has 0 aromatic heterocycles. The lowest BCUT2D eigenvalue weighted by molar-refractivity contribution is -0.117. The summed E-state index contributed by atoms with van der Waals surface area (Å²) in [5.74, 6) is 1.39. The number of rotatable bonds is 6. The molecule has 0 amide bonds. The first-order valence-electron chi connectivity index (χ1n) is 9.79. The van der Waals surface area contributed by atoms with Gasteiger partial charge in [0.15, 0.2) is 0 Å². The Morgan fingerprint density at radius 1 is 1.19 bits per heavy atom. The summed E-state index contributed by atoms with van der Waals surface area (Å²) in [6, 6.07) is 14.9.